The minimum atomic E-state index is -0.520. The molecular weight excluding hydrogens is 411 g/mol. The van der Waals surface area contributed by atoms with Crippen molar-refractivity contribution in [3.05, 3.63) is 71.0 Å². The molecule has 2 amide bonds. The Labute approximate surface area is 189 Å². The van der Waals surface area contributed by atoms with Gasteiger partial charge in [-0.15, -0.1) is 11.8 Å². The van der Waals surface area contributed by atoms with Gasteiger partial charge in [0.2, 0.25) is 11.8 Å². The van der Waals surface area contributed by atoms with Crippen LogP contribution in [0.1, 0.15) is 50.3 Å². The van der Waals surface area contributed by atoms with Crippen molar-refractivity contribution in [2.75, 3.05) is 5.75 Å². The fourth-order valence-electron chi connectivity index (χ4n) is 3.29. The van der Waals surface area contributed by atoms with Crippen LogP contribution in [0.5, 0.6) is 0 Å². The molecule has 0 fully saturated rings. The predicted octanol–water partition coefficient (Wildman–Crippen LogP) is 5.09. The molecule has 2 aromatic rings. The van der Waals surface area contributed by atoms with Crippen LogP contribution < -0.4 is 5.32 Å². The van der Waals surface area contributed by atoms with Gasteiger partial charge in [0.1, 0.15) is 11.9 Å². The van der Waals surface area contributed by atoms with E-state index in [1.54, 1.807) is 17.0 Å². The first-order valence-corrected chi connectivity index (χ1v) is 12.0. The SMILES string of the molecule is CC[C@H](C(=O)N[C@@H](C)CC)N(Cc1cccc(C)c1)C(=O)CSCc1ccc(F)cc1. The Morgan fingerprint density at radius 2 is 1.77 bits per heavy atom. The Balaban J connectivity index is 2.13. The van der Waals surface area contributed by atoms with E-state index in [1.807, 2.05) is 52.0 Å². The molecular formula is C25H33FN2O2S. The van der Waals surface area contributed by atoms with Gasteiger partial charge in [0, 0.05) is 18.3 Å². The topological polar surface area (TPSA) is 49.4 Å². The molecule has 2 atom stereocenters. The summed E-state index contributed by atoms with van der Waals surface area (Å²) in [6.45, 7) is 8.33. The Morgan fingerprint density at radius 3 is 2.39 bits per heavy atom. The summed E-state index contributed by atoms with van der Waals surface area (Å²) >= 11 is 1.48. The third-order valence-electron chi connectivity index (χ3n) is 5.23. The molecule has 0 spiro atoms. The van der Waals surface area contributed by atoms with Gasteiger partial charge in [0.05, 0.1) is 5.75 Å². The molecule has 0 bridgehead atoms. The average molecular weight is 445 g/mol. The van der Waals surface area contributed by atoms with Crippen molar-refractivity contribution in [2.45, 2.75) is 64.9 Å². The Morgan fingerprint density at radius 1 is 1.06 bits per heavy atom. The van der Waals surface area contributed by atoms with E-state index in [4.69, 9.17) is 0 Å². The highest BCUT2D eigenvalue weighted by Gasteiger charge is 2.29. The molecule has 0 aromatic heterocycles. The second-order valence-electron chi connectivity index (χ2n) is 7.87. The van der Waals surface area contributed by atoms with Crippen molar-refractivity contribution >= 4 is 23.6 Å². The Kier molecular flexibility index (Phi) is 10.0. The van der Waals surface area contributed by atoms with Gasteiger partial charge in [0.25, 0.3) is 0 Å². The van der Waals surface area contributed by atoms with Gasteiger partial charge in [-0.2, -0.15) is 0 Å². The largest absolute Gasteiger partial charge is 0.352 e. The van der Waals surface area contributed by atoms with Crippen molar-refractivity contribution < 1.29 is 14.0 Å². The number of rotatable bonds is 11. The summed E-state index contributed by atoms with van der Waals surface area (Å²) in [6, 6.07) is 13.9. The standard InChI is InChI=1S/C25H33FN2O2S/c1-5-19(4)27-25(30)23(6-2)28(15-21-9-7-8-18(3)14-21)24(29)17-31-16-20-10-12-22(26)13-11-20/h7-14,19,23H,5-6,15-17H2,1-4H3,(H,27,30)/t19-,23+/m0/s1. The van der Waals surface area contributed by atoms with Crippen molar-refractivity contribution in [2.24, 2.45) is 0 Å². The molecule has 168 valence electrons. The highest BCUT2D eigenvalue weighted by Crippen LogP contribution is 2.18. The van der Waals surface area contributed by atoms with Crippen molar-refractivity contribution in [1.82, 2.24) is 10.2 Å². The van der Waals surface area contributed by atoms with Crippen molar-refractivity contribution in [1.29, 1.82) is 0 Å². The number of amides is 2. The lowest BCUT2D eigenvalue weighted by atomic mass is 10.1. The zero-order valence-corrected chi connectivity index (χ0v) is 19.7. The minimum absolute atomic E-state index is 0.0605. The number of halogens is 1. The molecule has 2 rings (SSSR count). The van der Waals surface area contributed by atoms with E-state index in [-0.39, 0.29) is 29.4 Å². The lowest BCUT2D eigenvalue weighted by Crippen LogP contribution is -2.51. The van der Waals surface area contributed by atoms with Crippen molar-refractivity contribution in [3.8, 4) is 0 Å². The van der Waals surface area contributed by atoms with E-state index in [1.165, 1.54) is 23.9 Å². The number of thioether (sulfide) groups is 1. The van der Waals surface area contributed by atoms with Crippen LogP contribution >= 0.6 is 11.8 Å². The second-order valence-corrected chi connectivity index (χ2v) is 8.86. The van der Waals surface area contributed by atoms with E-state index in [0.717, 1.165) is 23.1 Å². The maximum atomic E-state index is 13.2. The van der Waals surface area contributed by atoms with Crippen molar-refractivity contribution in [3.63, 3.8) is 0 Å². The summed E-state index contributed by atoms with van der Waals surface area (Å²) in [5.41, 5.74) is 3.09. The lowest BCUT2D eigenvalue weighted by molar-refractivity contribution is -0.139. The summed E-state index contributed by atoms with van der Waals surface area (Å²) in [5.74, 6) is 0.421. The molecule has 0 aliphatic rings. The summed E-state index contributed by atoms with van der Waals surface area (Å²) < 4.78 is 13.1. The van der Waals surface area contributed by atoms with Crippen LogP contribution in [-0.2, 0) is 21.9 Å². The molecule has 0 aliphatic carbocycles. The fourth-order valence-corrected chi connectivity index (χ4v) is 4.16. The first-order valence-electron chi connectivity index (χ1n) is 10.8. The van der Waals surface area contributed by atoms with Crippen LogP contribution in [-0.4, -0.2) is 34.6 Å². The van der Waals surface area contributed by atoms with Crippen LogP contribution in [0.25, 0.3) is 0 Å². The lowest BCUT2D eigenvalue weighted by Gasteiger charge is -2.31. The molecule has 4 nitrogen and oxygen atoms in total. The van der Waals surface area contributed by atoms with Crippen LogP contribution in [0, 0.1) is 12.7 Å². The number of aryl methyl sites for hydroxylation is 1. The fraction of sp³-hybridized carbons (Fsp3) is 0.440. The number of nitrogens with zero attached hydrogens (tertiary/aromatic N) is 1. The molecule has 0 heterocycles. The number of hydrogen-bond acceptors (Lipinski definition) is 3. The van der Waals surface area contributed by atoms with Gasteiger partial charge < -0.3 is 10.2 Å². The third kappa shape index (κ3) is 8.02. The minimum Gasteiger partial charge on any atom is -0.352 e. The quantitative estimate of drug-likeness (QED) is 0.525. The Bertz CT molecular complexity index is 857. The van der Waals surface area contributed by atoms with Crippen LogP contribution in [0.4, 0.5) is 4.39 Å². The molecule has 0 unspecified atom stereocenters. The molecule has 0 radical (unpaired) electrons. The number of nitrogens with one attached hydrogen (secondary N) is 1. The van der Waals surface area contributed by atoms with E-state index < -0.39 is 6.04 Å². The van der Waals surface area contributed by atoms with E-state index in [2.05, 4.69) is 5.32 Å². The van der Waals surface area contributed by atoms with E-state index >= 15 is 0 Å². The van der Waals surface area contributed by atoms with Crippen LogP contribution in [0.15, 0.2) is 48.5 Å². The second kappa shape index (κ2) is 12.5. The molecule has 0 saturated carbocycles. The van der Waals surface area contributed by atoms with Gasteiger partial charge in [-0.1, -0.05) is 55.8 Å². The number of hydrogen-bond donors (Lipinski definition) is 1. The number of benzene rings is 2. The van der Waals surface area contributed by atoms with Gasteiger partial charge in [-0.3, -0.25) is 9.59 Å². The summed E-state index contributed by atoms with van der Waals surface area (Å²) in [7, 11) is 0. The predicted molar refractivity (Wildman–Crippen MR) is 126 cm³/mol. The first-order chi connectivity index (χ1) is 14.8. The molecule has 0 aliphatic heterocycles. The highest BCUT2D eigenvalue weighted by atomic mass is 32.2. The summed E-state index contributed by atoms with van der Waals surface area (Å²) in [4.78, 5) is 27.8. The monoisotopic (exact) mass is 444 g/mol. The average Bonchev–Trinajstić information content (AvgIpc) is 2.74. The zero-order valence-electron chi connectivity index (χ0n) is 18.9. The molecule has 0 saturated heterocycles. The first kappa shape index (κ1) is 24.9. The van der Waals surface area contributed by atoms with Crippen LogP contribution in [0.3, 0.4) is 0 Å². The van der Waals surface area contributed by atoms with E-state index in [9.17, 15) is 14.0 Å². The highest BCUT2D eigenvalue weighted by molar-refractivity contribution is 7.99. The number of carbonyl (C=O) groups is 2. The zero-order chi connectivity index (χ0) is 22.8. The number of carbonyl (C=O) groups excluding carboxylic acids is 2. The normalized spacial score (nSPS) is 12.8. The smallest absolute Gasteiger partial charge is 0.243 e. The maximum absolute atomic E-state index is 13.2. The Hall–Kier alpha value is -2.34. The molecule has 6 heteroatoms. The molecule has 1 N–H and O–H groups in total. The third-order valence-corrected chi connectivity index (χ3v) is 6.22. The van der Waals surface area contributed by atoms with Crippen LogP contribution in [0.2, 0.25) is 0 Å². The van der Waals surface area contributed by atoms with E-state index in [0.29, 0.717) is 18.7 Å². The molecule has 31 heavy (non-hydrogen) atoms. The summed E-state index contributed by atoms with van der Waals surface area (Å²) in [5, 5.41) is 3.03. The van der Waals surface area contributed by atoms with Gasteiger partial charge in [-0.25, -0.2) is 4.39 Å². The van der Waals surface area contributed by atoms with Gasteiger partial charge in [-0.05, 0) is 49.9 Å². The van der Waals surface area contributed by atoms with Gasteiger partial charge in [0.15, 0.2) is 0 Å². The van der Waals surface area contributed by atoms with Gasteiger partial charge >= 0.3 is 0 Å². The molecule has 2 aromatic carbocycles. The maximum Gasteiger partial charge on any atom is 0.243 e. The summed E-state index contributed by atoms with van der Waals surface area (Å²) in [6.07, 6.45) is 1.38.